The van der Waals surface area contributed by atoms with Gasteiger partial charge in [0.1, 0.15) is 17.5 Å². The maximum atomic E-state index is 11.8. The molecule has 1 unspecified atom stereocenters. The number of amides is 2. The summed E-state index contributed by atoms with van der Waals surface area (Å²) in [6, 6.07) is 6.86. The second-order valence-corrected chi connectivity index (χ2v) is 4.38. The number of primary amides is 1. The van der Waals surface area contributed by atoms with Crippen molar-refractivity contribution < 1.29 is 14.3 Å². The Hall–Kier alpha value is -2.83. The number of H-pyrrole nitrogens is 1. The zero-order chi connectivity index (χ0) is 15.4. The molecule has 2 rings (SSSR count). The number of nitrogens with one attached hydrogen (secondary N) is 2. The summed E-state index contributed by atoms with van der Waals surface area (Å²) < 4.78 is 5.72. The summed E-state index contributed by atoms with van der Waals surface area (Å²) in [5, 5.41) is 2.47. The van der Waals surface area contributed by atoms with E-state index >= 15 is 0 Å². The molecule has 21 heavy (non-hydrogen) atoms. The summed E-state index contributed by atoms with van der Waals surface area (Å²) in [6.45, 7) is 1.80. The van der Waals surface area contributed by atoms with E-state index in [0.717, 1.165) is 0 Å². The molecule has 1 atom stereocenters. The van der Waals surface area contributed by atoms with Gasteiger partial charge in [-0.3, -0.25) is 14.6 Å². The van der Waals surface area contributed by atoms with Crippen molar-refractivity contribution in [2.45, 2.75) is 13.0 Å². The van der Waals surface area contributed by atoms with Gasteiger partial charge in [-0.15, -0.1) is 0 Å². The summed E-state index contributed by atoms with van der Waals surface area (Å²) in [5.41, 5.74) is 6.18. The van der Waals surface area contributed by atoms with Crippen LogP contribution >= 0.6 is 0 Å². The molecule has 2 aromatic rings. The number of nitrogens with two attached hydrogens (primary N) is 1. The number of pyridine rings is 1. The normalized spacial score (nSPS) is 11.7. The second-order valence-electron chi connectivity index (χ2n) is 4.38. The van der Waals surface area contributed by atoms with E-state index in [1.165, 1.54) is 13.1 Å². The number of aromatic amines is 1. The quantitative estimate of drug-likeness (QED) is 0.762. The first-order valence-corrected chi connectivity index (χ1v) is 6.35. The first-order chi connectivity index (χ1) is 10.0. The van der Waals surface area contributed by atoms with Crippen molar-refractivity contribution in [3.63, 3.8) is 0 Å². The van der Waals surface area contributed by atoms with E-state index in [2.05, 4.69) is 15.3 Å². The first kappa shape index (κ1) is 14.6. The third kappa shape index (κ3) is 3.19. The molecule has 110 valence electrons. The lowest BCUT2D eigenvalue weighted by molar-refractivity contribution is 0.0951. The molecule has 0 aliphatic heterocycles. The molecule has 0 aromatic carbocycles. The fourth-order valence-electron chi connectivity index (χ4n) is 1.82. The minimum absolute atomic E-state index is 0.108. The third-order valence-corrected chi connectivity index (χ3v) is 2.91. The highest BCUT2D eigenvalue weighted by molar-refractivity contribution is 5.99. The predicted molar refractivity (Wildman–Crippen MR) is 76.0 cm³/mol. The third-order valence-electron chi connectivity index (χ3n) is 2.91. The predicted octanol–water partition coefficient (Wildman–Crippen LogP) is 1.01. The molecule has 0 saturated carbocycles. The van der Waals surface area contributed by atoms with Crippen LogP contribution in [0.3, 0.4) is 0 Å². The van der Waals surface area contributed by atoms with Crippen molar-refractivity contribution in [2.75, 3.05) is 7.05 Å². The lowest BCUT2D eigenvalue weighted by atomic mass is 10.2. The number of carbonyl (C=O) groups excluding carboxylic acids is 2. The largest absolute Gasteiger partial charge is 0.482 e. The van der Waals surface area contributed by atoms with Gasteiger partial charge in [0, 0.05) is 19.3 Å². The number of ether oxygens (including phenoxy) is 1. The van der Waals surface area contributed by atoms with E-state index in [-0.39, 0.29) is 23.2 Å². The van der Waals surface area contributed by atoms with Gasteiger partial charge >= 0.3 is 0 Å². The summed E-state index contributed by atoms with van der Waals surface area (Å²) in [7, 11) is 1.49. The van der Waals surface area contributed by atoms with Gasteiger partial charge in [-0.05, 0) is 19.1 Å². The van der Waals surface area contributed by atoms with E-state index in [4.69, 9.17) is 10.5 Å². The standard InChI is InChI=1S/C14H16N4O3/c1-8(9-5-3-4-6-17-9)21-11-7-10(13(15)19)18-12(11)14(20)16-2/h3-8,18H,1-2H3,(H2,15,19)(H,16,20). The molecule has 2 amide bonds. The molecular formula is C14H16N4O3. The number of carbonyl (C=O) groups is 2. The number of hydrogen-bond acceptors (Lipinski definition) is 4. The molecule has 4 N–H and O–H groups in total. The van der Waals surface area contributed by atoms with Crippen LogP contribution in [0.2, 0.25) is 0 Å². The van der Waals surface area contributed by atoms with Crippen LogP contribution in [0.4, 0.5) is 0 Å². The van der Waals surface area contributed by atoms with E-state index in [1.807, 2.05) is 12.1 Å². The lowest BCUT2D eigenvalue weighted by Crippen LogP contribution is -2.20. The molecule has 0 radical (unpaired) electrons. The van der Waals surface area contributed by atoms with Crippen LogP contribution < -0.4 is 15.8 Å². The molecule has 0 aliphatic carbocycles. The van der Waals surface area contributed by atoms with Gasteiger partial charge in [0.15, 0.2) is 5.75 Å². The number of aromatic nitrogens is 2. The van der Waals surface area contributed by atoms with Crippen LogP contribution in [0.5, 0.6) is 5.75 Å². The van der Waals surface area contributed by atoms with E-state index < -0.39 is 11.8 Å². The van der Waals surface area contributed by atoms with Crippen molar-refractivity contribution >= 4 is 11.8 Å². The number of nitrogens with zero attached hydrogens (tertiary/aromatic N) is 1. The van der Waals surface area contributed by atoms with Crippen LogP contribution in [0, 0.1) is 0 Å². The maximum Gasteiger partial charge on any atom is 0.271 e. The smallest absolute Gasteiger partial charge is 0.271 e. The van der Waals surface area contributed by atoms with Crippen molar-refractivity contribution in [3.8, 4) is 5.75 Å². The first-order valence-electron chi connectivity index (χ1n) is 6.35. The Bertz CT molecular complexity index is 651. The van der Waals surface area contributed by atoms with Crippen molar-refractivity contribution in [1.82, 2.24) is 15.3 Å². The highest BCUT2D eigenvalue weighted by atomic mass is 16.5. The number of hydrogen-bond donors (Lipinski definition) is 3. The molecule has 2 aromatic heterocycles. The van der Waals surface area contributed by atoms with Gasteiger partial charge in [-0.25, -0.2) is 0 Å². The molecule has 0 fully saturated rings. The highest BCUT2D eigenvalue weighted by Gasteiger charge is 2.20. The second kappa shape index (κ2) is 6.08. The fourth-order valence-corrected chi connectivity index (χ4v) is 1.82. The summed E-state index contributed by atoms with van der Waals surface area (Å²) in [4.78, 5) is 29.9. The highest BCUT2D eigenvalue weighted by Crippen LogP contribution is 2.25. The van der Waals surface area contributed by atoms with Crippen LogP contribution in [0.25, 0.3) is 0 Å². The topological polar surface area (TPSA) is 110 Å². The number of rotatable bonds is 5. The van der Waals surface area contributed by atoms with E-state index in [1.54, 1.807) is 19.2 Å². The molecular weight excluding hydrogens is 272 g/mol. The van der Waals surface area contributed by atoms with E-state index in [0.29, 0.717) is 5.69 Å². The molecule has 0 spiro atoms. The molecule has 2 heterocycles. The van der Waals surface area contributed by atoms with Crippen molar-refractivity contribution in [2.24, 2.45) is 5.73 Å². The Kier molecular flexibility index (Phi) is 4.22. The molecule has 0 bridgehead atoms. The summed E-state index contributed by atoms with van der Waals surface area (Å²) in [6.07, 6.45) is 1.27. The minimum Gasteiger partial charge on any atom is -0.482 e. The molecule has 0 saturated heterocycles. The maximum absolute atomic E-state index is 11.8. The van der Waals surface area contributed by atoms with Crippen molar-refractivity contribution in [1.29, 1.82) is 0 Å². The average molecular weight is 288 g/mol. The summed E-state index contributed by atoms with van der Waals surface area (Å²) >= 11 is 0. The van der Waals surface area contributed by atoms with Gasteiger partial charge in [-0.1, -0.05) is 6.07 Å². The molecule has 0 aliphatic rings. The van der Waals surface area contributed by atoms with Crippen LogP contribution in [-0.2, 0) is 0 Å². The Morgan fingerprint density at radius 1 is 1.43 bits per heavy atom. The monoisotopic (exact) mass is 288 g/mol. The van der Waals surface area contributed by atoms with Crippen LogP contribution in [-0.4, -0.2) is 28.8 Å². The minimum atomic E-state index is -0.666. The SMILES string of the molecule is CNC(=O)c1[nH]c(C(N)=O)cc1OC(C)c1ccccn1. The molecule has 7 heteroatoms. The average Bonchev–Trinajstić information content (AvgIpc) is 2.91. The van der Waals surface area contributed by atoms with Gasteiger partial charge in [0.2, 0.25) is 0 Å². The van der Waals surface area contributed by atoms with E-state index in [9.17, 15) is 9.59 Å². The van der Waals surface area contributed by atoms with Crippen LogP contribution in [0.1, 0.15) is 39.7 Å². The Balaban J connectivity index is 2.30. The van der Waals surface area contributed by atoms with Gasteiger partial charge in [0.05, 0.1) is 5.69 Å². The zero-order valence-corrected chi connectivity index (χ0v) is 11.7. The Morgan fingerprint density at radius 3 is 2.76 bits per heavy atom. The fraction of sp³-hybridized carbons (Fsp3) is 0.214. The Labute approximate surface area is 121 Å². The lowest BCUT2D eigenvalue weighted by Gasteiger charge is -2.13. The van der Waals surface area contributed by atoms with Crippen LogP contribution in [0.15, 0.2) is 30.5 Å². The zero-order valence-electron chi connectivity index (χ0n) is 11.7. The summed E-state index contributed by atoms with van der Waals surface area (Å²) in [5.74, 6) is -0.812. The Morgan fingerprint density at radius 2 is 2.19 bits per heavy atom. The van der Waals surface area contributed by atoms with Gasteiger partial charge in [0.25, 0.3) is 11.8 Å². The van der Waals surface area contributed by atoms with Gasteiger partial charge in [-0.2, -0.15) is 0 Å². The van der Waals surface area contributed by atoms with Crippen molar-refractivity contribution in [3.05, 3.63) is 47.5 Å². The molecule has 7 nitrogen and oxygen atoms in total. The van der Waals surface area contributed by atoms with Gasteiger partial charge < -0.3 is 20.8 Å².